The molecule has 0 spiro atoms. The summed E-state index contributed by atoms with van der Waals surface area (Å²) in [6, 6.07) is 11.1. The van der Waals surface area contributed by atoms with Gasteiger partial charge in [-0.15, -0.1) is 0 Å². The minimum Gasteiger partial charge on any atom is -0.496 e. The van der Waals surface area contributed by atoms with Gasteiger partial charge in [0.05, 0.1) is 28.4 Å². The molecule has 0 saturated carbocycles. The number of rotatable bonds is 7. The van der Waals surface area contributed by atoms with Crippen LogP contribution in [-0.4, -0.2) is 28.4 Å². The molecule has 0 unspecified atom stereocenters. The summed E-state index contributed by atoms with van der Waals surface area (Å²) in [7, 11) is 6.42. The molecule has 2 aromatic carbocycles. The minimum atomic E-state index is 0.399. The highest BCUT2D eigenvalue weighted by atomic mass is 16.5. The van der Waals surface area contributed by atoms with Gasteiger partial charge in [0.25, 0.3) is 0 Å². The Balaban J connectivity index is 2.12. The molecule has 118 valence electrons. The second-order valence-corrected chi connectivity index (χ2v) is 4.53. The molecule has 0 aliphatic carbocycles. The lowest BCUT2D eigenvalue weighted by Crippen LogP contribution is -1.98. The maximum atomic E-state index is 5.79. The zero-order valence-corrected chi connectivity index (χ0v) is 13.2. The van der Waals surface area contributed by atoms with Gasteiger partial charge in [0.2, 0.25) is 0 Å². The Morgan fingerprint density at radius 2 is 1.23 bits per heavy atom. The lowest BCUT2D eigenvalue weighted by molar-refractivity contribution is 0.298. The zero-order valence-electron chi connectivity index (χ0n) is 13.2. The lowest BCUT2D eigenvalue weighted by atomic mass is 10.2. The Morgan fingerprint density at radius 1 is 0.636 bits per heavy atom. The third kappa shape index (κ3) is 3.75. The van der Waals surface area contributed by atoms with E-state index in [4.69, 9.17) is 23.7 Å². The summed E-state index contributed by atoms with van der Waals surface area (Å²) in [4.78, 5) is 0. The molecular formula is C17H20O5. The summed E-state index contributed by atoms with van der Waals surface area (Å²) in [5.41, 5.74) is 0.972. The van der Waals surface area contributed by atoms with E-state index in [0.717, 1.165) is 5.56 Å². The predicted molar refractivity (Wildman–Crippen MR) is 83.4 cm³/mol. The molecular weight excluding hydrogens is 284 g/mol. The van der Waals surface area contributed by atoms with Crippen LogP contribution < -0.4 is 23.7 Å². The van der Waals surface area contributed by atoms with Crippen molar-refractivity contribution < 1.29 is 23.7 Å². The molecule has 0 fully saturated rings. The van der Waals surface area contributed by atoms with Crippen LogP contribution in [0, 0.1) is 0 Å². The highest BCUT2D eigenvalue weighted by molar-refractivity contribution is 5.44. The molecule has 0 N–H and O–H groups in total. The molecule has 0 saturated heterocycles. The first-order valence-corrected chi connectivity index (χ1v) is 6.77. The lowest BCUT2D eigenvalue weighted by Gasteiger charge is -2.12. The van der Waals surface area contributed by atoms with E-state index in [9.17, 15) is 0 Å². The van der Waals surface area contributed by atoms with Gasteiger partial charge in [-0.2, -0.15) is 0 Å². The van der Waals surface area contributed by atoms with Gasteiger partial charge >= 0.3 is 0 Å². The molecule has 5 nitrogen and oxygen atoms in total. The smallest absolute Gasteiger partial charge is 0.161 e. The SMILES string of the molecule is COc1cc(OC)cc(OCc2ccc(OC)c(OC)c2)c1. The Kier molecular flexibility index (Phi) is 5.36. The van der Waals surface area contributed by atoms with Crippen LogP contribution in [0.2, 0.25) is 0 Å². The fraction of sp³-hybridized carbons (Fsp3) is 0.294. The normalized spacial score (nSPS) is 10.0. The topological polar surface area (TPSA) is 46.2 Å². The molecule has 22 heavy (non-hydrogen) atoms. The Hall–Kier alpha value is -2.56. The molecule has 0 atom stereocenters. The zero-order chi connectivity index (χ0) is 15.9. The molecule has 2 aromatic rings. The van der Waals surface area contributed by atoms with E-state index in [-0.39, 0.29) is 0 Å². The highest BCUT2D eigenvalue weighted by Gasteiger charge is 2.07. The largest absolute Gasteiger partial charge is 0.496 e. The van der Waals surface area contributed by atoms with Crippen molar-refractivity contribution >= 4 is 0 Å². The summed E-state index contributed by atoms with van der Waals surface area (Å²) in [5, 5.41) is 0. The second-order valence-electron chi connectivity index (χ2n) is 4.53. The van der Waals surface area contributed by atoms with E-state index in [2.05, 4.69) is 0 Å². The molecule has 0 heterocycles. The first-order chi connectivity index (χ1) is 10.7. The van der Waals surface area contributed by atoms with Crippen molar-refractivity contribution in [3.63, 3.8) is 0 Å². The Labute approximate surface area is 130 Å². The van der Waals surface area contributed by atoms with Crippen LogP contribution in [-0.2, 0) is 6.61 Å². The summed E-state index contributed by atoms with van der Waals surface area (Å²) in [6.45, 7) is 0.399. The number of methoxy groups -OCH3 is 4. The quantitative estimate of drug-likeness (QED) is 0.785. The molecule has 0 aliphatic heterocycles. The van der Waals surface area contributed by atoms with E-state index in [1.54, 1.807) is 34.5 Å². The fourth-order valence-corrected chi connectivity index (χ4v) is 2.00. The van der Waals surface area contributed by atoms with Gasteiger partial charge in [-0.05, 0) is 17.7 Å². The molecule has 0 amide bonds. The van der Waals surface area contributed by atoms with E-state index in [1.165, 1.54) is 0 Å². The molecule has 0 bridgehead atoms. The third-order valence-electron chi connectivity index (χ3n) is 3.18. The van der Waals surface area contributed by atoms with Gasteiger partial charge in [-0.25, -0.2) is 0 Å². The van der Waals surface area contributed by atoms with Crippen molar-refractivity contribution in [3.8, 4) is 28.7 Å². The van der Waals surface area contributed by atoms with Crippen molar-refractivity contribution in [1.82, 2.24) is 0 Å². The third-order valence-corrected chi connectivity index (χ3v) is 3.18. The van der Waals surface area contributed by atoms with E-state index in [0.29, 0.717) is 35.4 Å². The van der Waals surface area contributed by atoms with Crippen molar-refractivity contribution in [3.05, 3.63) is 42.0 Å². The minimum absolute atomic E-state index is 0.399. The maximum absolute atomic E-state index is 5.79. The van der Waals surface area contributed by atoms with Gasteiger partial charge in [-0.3, -0.25) is 0 Å². The van der Waals surface area contributed by atoms with Crippen LogP contribution in [0.5, 0.6) is 28.7 Å². The average molecular weight is 304 g/mol. The van der Waals surface area contributed by atoms with Crippen molar-refractivity contribution in [2.75, 3.05) is 28.4 Å². The average Bonchev–Trinajstić information content (AvgIpc) is 2.59. The van der Waals surface area contributed by atoms with Gasteiger partial charge in [-0.1, -0.05) is 6.07 Å². The van der Waals surface area contributed by atoms with Crippen LogP contribution in [0.1, 0.15) is 5.56 Å². The van der Waals surface area contributed by atoms with E-state index in [1.807, 2.05) is 30.3 Å². The van der Waals surface area contributed by atoms with Crippen molar-refractivity contribution in [2.45, 2.75) is 6.61 Å². The van der Waals surface area contributed by atoms with Gasteiger partial charge in [0, 0.05) is 18.2 Å². The summed E-state index contributed by atoms with van der Waals surface area (Å²) in [5.74, 6) is 3.40. The van der Waals surface area contributed by atoms with Crippen LogP contribution in [0.3, 0.4) is 0 Å². The van der Waals surface area contributed by atoms with E-state index < -0.39 is 0 Å². The second kappa shape index (κ2) is 7.45. The molecule has 5 heteroatoms. The van der Waals surface area contributed by atoms with Gasteiger partial charge < -0.3 is 23.7 Å². The van der Waals surface area contributed by atoms with Gasteiger partial charge in [0.1, 0.15) is 23.9 Å². The van der Waals surface area contributed by atoms with Crippen molar-refractivity contribution in [1.29, 1.82) is 0 Å². The number of hydrogen-bond acceptors (Lipinski definition) is 5. The summed E-state index contributed by atoms with van der Waals surface area (Å²) < 4.78 is 26.7. The summed E-state index contributed by atoms with van der Waals surface area (Å²) in [6.07, 6.45) is 0. The Morgan fingerprint density at radius 3 is 1.77 bits per heavy atom. The van der Waals surface area contributed by atoms with Crippen LogP contribution in [0.4, 0.5) is 0 Å². The number of ether oxygens (including phenoxy) is 5. The first-order valence-electron chi connectivity index (χ1n) is 6.77. The highest BCUT2D eigenvalue weighted by Crippen LogP contribution is 2.30. The summed E-state index contributed by atoms with van der Waals surface area (Å²) >= 11 is 0. The first kappa shape index (κ1) is 15.8. The van der Waals surface area contributed by atoms with Crippen LogP contribution in [0.25, 0.3) is 0 Å². The van der Waals surface area contributed by atoms with Gasteiger partial charge in [0.15, 0.2) is 11.5 Å². The van der Waals surface area contributed by atoms with Crippen molar-refractivity contribution in [2.24, 2.45) is 0 Å². The number of benzene rings is 2. The van der Waals surface area contributed by atoms with E-state index >= 15 is 0 Å². The monoisotopic (exact) mass is 304 g/mol. The van der Waals surface area contributed by atoms with Crippen LogP contribution in [0.15, 0.2) is 36.4 Å². The molecule has 0 aliphatic rings. The maximum Gasteiger partial charge on any atom is 0.161 e. The number of hydrogen-bond donors (Lipinski definition) is 0. The molecule has 0 radical (unpaired) electrons. The Bertz CT molecular complexity index is 602. The molecule has 2 rings (SSSR count). The molecule has 0 aromatic heterocycles. The van der Waals surface area contributed by atoms with Crippen LogP contribution >= 0.6 is 0 Å². The fourth-order valence-electron chi connectivity index (χ4n) is 2.00. The predicted octanol–water partition coefficient (Wildman–Crippen LogP) is 3.30. The standard InChI is InChI=1S/C17H20O5/c1-18-13-8-14(19-2)10-15(9-13)22-11-12-5-6-16(20-3)17(7-12)21-4/h5-10H,11H2,1-4H3.